The van der Waals surface area contributed by atoms with Gasteiger partial charge in [0.25, 0.3) is 0 Å². The summed E-state index contributed by atoms with van der Waals surface area (Å²) in [5.41, 5.74) is 0.468. The minimum Gasteiger partial charge on any atom is -0.480 e. The fraction of sp³-hybridized carbons (Fsp3) is 0.488. The number of carboxylic acids is 1. The molecule has 2 aliphatic rings. The standard InChI is InChI=1S/C41H46F6N4O3/c1-38(2,3)28-14-19-50(20-15-28)24-27-8-5-11-32-30(27)13-18-48-35(32)33-12-6-9-29-26(7-4-10-31(29)33)23-34(36(52)53)49-37(54)39(41(45,46)47)16-21-51(22-17-39)25-40(42,43)44/h4-13,18,28,34H,14-17,19-25H2,1-3H3,(H,49,54)(H,52,53)/t34-/m0/s1. The van der Waals surface area contributed by atoms with Gasteiger partial charge in [-0.05, 0) is 96.5 Å². The van der Waals surface area contributed by atoms with E-state index in [0.29, 0.717) is 16.9 Å². The van der Waals surface area contributed by atoms with Gasteiger partial charge in [0.15, 0.2) is 0 Å². The van der Waals surface area contributed by atoms with Crippen LogP contribution < -0.4 is 5.32 Å². The molecule has 54 heavy (non-hydrogen) atoms. The SMILES string of the molecule is CC(C)(C)C1CCN(Cc2cccc3c(-c4cccc5c(C[C@H](NC(=O)C6(C(F)(F)F)CCN(CC(F)(F)F)CC6)C(=O)O)cccc45)nccc23)CC1. The Hall–Kier alpha value is -4.23. The first-order chi connectivity index (χ1) is 25.4. The van der Waals surface area contributed by atoms with Gasteiger partial charge in [0.1, 0.15) is 11.5 Å². The predicted octanol–water partition coefficient (Wildman–Crippen LogP) is 8.63. The van der Waals surface area contributed by atoms with Crippen molar-refractivity contribution in [2.75, 3.05) is 32.7 Å². The summed E-state index contributed by atoms with van der Waals surface area (Å²) in [6.45, 7) is 7.15. The van der Waals surface area contributed by atoms with Crippen molar-refractivity contribution in [1.29, 1.82) is 0 Å². The number of fused-ring (bicyclic) bond motifs is 2. The maximum Gasteiger partial charge on any atom is 0.403 e. The fourth-order valence-corrected chi connectivity index (χ4v) is 8.28. The second-order valence-corrected chi connectivity index (χ2v) is 15.9. The van der Waals surface area contributed by atoms with Crippen molar-refractivity contribution in [3.8, 4) is 11.3 Å². The Kier molecular flexibility index (Phi) is 11.1. The van der Waals surface area contributed by atoms with E-state index in [1.54, 1.807) is 24.4 Å². The summed E-state index contributed by atoms with van der Waals surface area (Å²) in [7, 11) is 0. The monoisotopic (exact) mass is 756 g/mol. The first-order valence-corrected chi connectivity index (χ1v) is 18.4. The molecule has 3 aromatic carbocycles. The number of carbonyl (C=O) groups excluding carboxylic acids is 1. The quantitative estimate of drug-likeness (QED) is 0.167. The van der Waals surface area contributed by atoms with Crippen LogP contribution in [0.1, 0.15) is 57.6 Å². The molecular weight excluding hydrogens is 710 g/mol. The molecule has 4 aromatic rings. The molecule has 0 aliphatic carbocycles. The molecule has 0 spiro atoms. The number of amides is 1. The van der Waals surface area contributed by atoms with E-state index in [4.69, 9.17) is 4.98 Å². The number of alkyl halides is 6. The summed E-state index contributed by atoms with van der Waals surface area (Å²) < 4.78 is 82.1. The maximum absolute atomic E-state index is 14.5. The Balaban J connectivity index is 1.25. The highest BCUT2D eigenvalue weighted by atomic mass is 19.4. The third-order valence-electron chi connectivity index (χ3n) is 11.5. The molecule has 2 N–H and O–H groups in total. The average Bonchev–Trinajstić information content (AvgIpc) is 3.10. The van der Waals surface area contributed by atoms with Crippen molar-refractivity contribution in [3.63, 3.8) is 0 Å². The minimum absolute atomic E-state index is 0.283. The lowest BCUT2D eigenvalue weighted by atomic mass is 9.75. The van der Waals surface area contributed by atoms with E-state index in [1.807, 2.05) is 36.4 Å². The number of carboxylic acid groups (broad SMARTS) is 1. The lowest BCUT2D eigenvalue weighted by Crippen LogP contribution is -2.59. The smallest absolute Gasteiger partial charge is 0.403 e. The zero-order chi connectivity index (χ0) is 39.1. The highest BCUT2D eigenvalue weighted by Gasteiger charge is 2.61. The molecule has 2 fully saturated rings. The molecule has 1 atom stereocenters. The summed E-state index contributed by atoms with van der Waals surface area (Å²) in [5.74, 6) is -2.40. The number of nitrogens with zero attached hydrogens (tertiary/aromatic N) is 3. The molecule has 0 radical (unpaired) electrons. The molecule has 0 bridgehead atoms. The molecule has 1 amide bonds. The van der Waals surface area contributed by atoms with Gasteiger partial charge in [-0.25, -0.2) is 4.79 Å². The fourth-order valence-electron chi connectivity index (χ4n) is 8.28. The van der Waals surface area contributed by atoms with Gasteiger partial charge in [0.2, 0.25) is 5.91 Å². The van der Waals surface area contributed by atoms with Crippen molar-refractivity contribution in [2.45, 2.75) is 77.8 Å². The molecule has 1 aromatic heterocycles. The number of halogens is 6. The van der Waals surface area contributed by atoms with Crippen LogP contribution in [0.4, 0.5) is 26.3 Å². The molecule has 3 heterocycles. The van der Waals surface area contributed by atoms with Gasteiger partial charge >= 0.3 is 18.3 Å². The van der Waals surface area contributed by atoms with Gasteiger partial charge in [-0.3, -0.25) is 19.6 Å². The third kappa shape index (κ3) is 8.36. The summed E-state index contributed by atoms with van der Waals surface area (Å²) in [5, 5.41) is 15.7. The van der Waals surface area contributed by atoms with Crippen LogP contribution in [0, 0.1) is 16.7 Å². The molecule has 2 saturated heterocycles. The molecule has 0 saturated carbocycles. The number of rotatable bonds is 9. The van der Waals surface area contributed by atoms with Crippen LogP contribution in [0.15, 0.2) is 66.9 Å². The van der Waals surface area contributed by atoms with E-state index < -0.39 is 68.2 Å². The van der Waals surface area contributed by atoms with Gasteiger partial charge in [-0.1, -0.05) is 75.4 Å². The number of hydrogen-bond acceptors (Lipinski definition) is 5. The number of aromatic nitrogens is 1. The van der Waals surface area contributed by atoms with Crippen LogP contribution in [0.25, 0.3) is 32.8 Å². The van der Waals surface area contributed by atoms with E-state index in [0.717, 1.165) is 64.8 Å². The molecule has 6 rings (SSSR count). The third-order valence-corrected chi connectivity index (χ3v) is 11.5. The van der Waals surface area contributed by atoms with Gasteiger partial charge in [0, 0.05) is 30.1 Å². The number of piperidine rings is 2. The topological polar surface area (TPSA) is 85.8 Å². The second-order valence-electron chi connectivity index (χ2n) is 15.9. The Morgan fingerprint density at radius 1 is 0.815 bits per heavy atom. The van der Waals surface area contributed by atoms with Crippen LogP contribution in [0.3, 0.4) is 0 Å². The number of hydrogen-bond donors (Lipinski definition) is 2. The maximum atomic E-state index is 14.5. The Bertz CT molecular complexity index is 1990. The van der Waals surface area contributed by atoms with Crippen LogP contribution in [-0.4, -0.2) is 82.9 Å². The van der Waals surface area contributed by atoms with E-state index in [-0.39, 0.29) is 11.8 Å². The van der Waals surface area contributed by atoms with E-state index in [2.05, 4.69) is 37.1 Å². The lowest BCUT2D eigenvalue weighted by Gasteiger charge is -2.42. The Morgan fingerprint density at radius 2 is 1.41 bits per heavy atom. The number of aliphatic carboxylic acids is 1. The zero-order valence-corrected chi connectivity index (χ0v) is 30.7. The van der Waals surface area contributed by atoms with Crippen molar-refractivity contribution >= 4 is 33.4 Å². The highest BCUT2D eigenvalue weighted by Crippen LogP contribution is 2.47. The van der Waals surface area contributed by atoms with E-state index >= 15 is 0 Å². The summed E-state index contributed by atoms with van der Waals surface area (Å²) in [6, 6.07) is 17.3. The first kappa shape index (κ1) is 39.5. The van der Waals surface area contributed by atoms with Crippen molar-refractivity contribution in [1.82, 2.24) is 20.1 Å². The van der Waals surface area contributed by atoms with Gasteiger partial charge in [-0.2, -0.15) is 26.3 Å². The van der Waals surface area contributed by atoms with Crippen LogP contribution in [0.5, 0.6) is 0 Å². The van der Waals surface area contributed by atoms with Gasteiger partial charge in [0.05, 0.1) is 12.2 Å². The second kappa shape index (κ2) is 15.1. The van der Waals surface area contributed by atoms with E-state index in [9.17, 15) is 41.0 Å². The molecule has 2 aliphatic heterocycles. The van der Waals surface area contributed by atoms with Gasteiger partial charge < -0.3 is 10.4 Å². The molecular formula is C41H46F6N4O3. The molecule has 13 heteroatoms. The number of nitrogens with one attached hydrogen (secondary N) is 1. The summed E-state index contributed by atoms with van der Waals surface area (Å²) in [4.78, 5) is 33.9. The predicted molar refractivity (Wildman–Crippen MR) is 196 cm³/mol. The first-order valence-electron chi connectivity index (χ1n) is 18.4. The molecule has 7 nitrogen and oxygen atoms in total. The van der Waals surface area contributed by atoms with Crippen LogP contribution in [0.2, 0.25) is 0 Å². The number of likely N-dealkylation sites (tertiary alicyclic amines) is 2. The van der Waals surface area contributed by atoms with Crippen LogP contribution >= 0.6 is 0 Å². The number of carbonyl (C=O) groups is 2. The average molecular weight is 757 g/mol. The summed E-state index contributed by atoms with van der Waals surface area (Å²) >= 11 is 0. The lowest BCUT2D eigenvalue weighted by molar-refractivity contribution is -0.236. The van der Waals surface area contributed by atoms with Crippen molar-refractivity contribution < 1.29 is 41.0 Å². The molecule has 0 unspecified atom stereocenters. The largest absolute Gasteiger partial charge is 0.480 e. The summed E-state index contributed by atoms with van der Waals surface area (Å²) in [6.07, 6.45) is -7.80. The van der Waals surface area contributed by atoms with E-state index in [1.165, 1.54) is 5.56 Å². The number of benzene rings is 3. The van der Waals surface area contributed by atoms with Crippen molar-refractivity contribution in [2.24, 2.45) is 16.7 Å². The van der Waals surface area contributed by atoms with Gasteiger partial charge in [-0.15, -0.1) is 0 Å². The normalized spacial score (nSPS) is 18.5. The Labute approximate surface area is 310 Å². The van der Waals surface area contributed by atoms with Crippen LogP contribution in [-0.2, 0) is 22.6 Å². The number of pyridine rings is 1. The minimum atomic E-state index is -5.10. The molecule has 290 valence electrons. The zero-order valence-electron chi connectivity index (χ0n) is 30.7. The Morgan fingerprint density at radius 3 is 2.02 bits per heavy atom. The van der Waals surface area contributed by atoms with Crippen molar-refractivity contribution in [3.05, 3.63) is 78.0 Å². The highest BCUT2D eigenvalue weighted by molar-refractivity contribution is 6.05.